The standard InChI is InChI=1S/C6H11N2S/c1-2-5-9-6-7-3-4-8-6/h1-5H2,(H,7,8). The van der Waals surface area contributed by atoms with Crippen LogP contribution in [0.15, 0.2) is 4.99 Å². The molecule has 0 saturated carbocycles. The predicted molar refractivity (Wildman–Crippen MR) is 42.7 cm³/mol. The molecule has 1 heterocycles. The first kappa shape index (κ1) is 6.93. The molecule has 0 unspecified atom stereocenters. The SMILES string of the molecule is [CH2]CCSC1=NCCN1. The van der Waals surface area contributed by atoms with Crippen molar-refractivity contribution in [2.75, 3.05) is 18.8 Å². The van der Waals surface area contributed by atoms with Crippen molar-refractivity contribution in [3.63, 3.8) is 0 Å². The lowest BCUT2D eigenvalue weighted by Crippen LogP contribution is -2.15. The third-order valence-corrected chi connectivity index (χ3v) is 2.07. The number of aliphatic imine (C=N–C) groups is 1. The Bertz CT molecular complexity index is 112. The minimum atomic E-state index is 0.944. The van der Waals surface area contributed by atoms with Crippen LogP contribution in [0.1, 0.15) is 6.42 Å². The van der Waals surface area contributed by atoms with Gasteiger partial charge in [-0.1, -0.05) is 18.7 Å². The lowest BCUT2D eigenvalue weighted by atomic mass is 10.6. The van der Waals surface area contributed by atoms with Crippen LogP contribution in [0.5, 0.6) is 0 Å². The minimum absolute atomic E-state index is 0.944. The van der Waals surface area contributed by atoms with Crippen molar-refractivity contribution in [1.82, 2.24) is 5.32 Å². The fourth-order valence-corrected chi connectivity index (χ4v) is 1.37. The number of thioether (sulfide) groups is 1. The van der Waals surface area contributed by atoms with Crippen molar-refractivity contribution < 1.29 is 0 Å². The molecule has 0 aromatic rings. The van der Waals surface area contributed by atoms with Gasteiger partial charge in [-0.05, 0) is 6.42 Å². The fourth-order valence-electron chi connectivity index (χ4n) is 0.642. The first-order chi connectivity index (χ1) is 4.43. The minimum Gasteiger partial charge on any atom is -0.363 e. The lowest BCUT2D eigenvalue weighted by Gasteiger charge is -1.97. The van der Waals surface area contributed by atoms with Gasteiger partial charge in [0.2, 0.25) is 0 Å². The maximum absolute atomic E-state index is 4.21. The molecule has 1 N–H and O–H groups in total. The molecule has 0 aromatic heterocycles. The molecule has 0 saturated heterocycles. The highest BCUT2D eigenvalue weighted by molar-refractivity contribution is 8.13. The molecule has 1 aliphatic rings. The van der Waals surface area contributed by atoms with Crippen molar-refractivity contribution in [2.24, 2.45) is 4.99 Å². The van der Waals surface area contributed by atoms with Crippen LogP contribution in [-0.2, 0) is 0 Å². The highest BCUT2D eigenvalue weighted by Gasteiger charge is 2.02. The Labute approximate surface area is 60.1 Å². The molecule has 51 valence electrons. The summed E-state index contributed by atoms with van der Waals surface area (Å²) in [6.45, 7) is 5.70. The van der Waals surface area contributed by atoms with Gasteiger partial charge in [0.25, 0.3) is 0 Å². The normalized spacial score (nSPS) is 17.2. The van der Waals surface area contributed by atoms with E-state index in [9.17, 15) is 0 Å². The van der Waals surface area contributed by atoms with Gasteiger partial charge in [0, 0.05) is 12.3 Å². The Balaban J connectivity index is 2.11. The van der Waals surface area contributed by atoms with Crippen molar-refractivity contribution >= 4 is 16.9 Å². The second-order valence-corrected chi connectivity index (χ2v) is 2.90. The Morgan fingerprint density at radius 1 is 1.78 bits per heavy atom. The van der Waals surface area contributed by atoms with E-state index in [-0.39, 0.29) is 0 Å². The summed E-state index contributed by atoms with van der Waals surface area (Å²) < 4.78 is 0. The molecule has 2 nitrogen and oxygen atoms in total. The summed E-state index contributed by atoms with van der Waals surface area (Å²) in [5, 5.41) is 4.27. The summed E-state index contributed by atoms with van der Waals surface area (Å²) >= 11 is 1.76. The summed E-state index contributed by atoms with van der Waals surface area (Å²) in [4.78, 5) is 4.21. The van der Waals surface area contributed by atoms with E-state index in [1.807, 2.05) is 0 Å². The topological polar surface area (TPSA) is 24.4 Å². The molecule has 9 heavy (non-hydrogen) atoms. The van der Waals surface area contributed by atoms with Crippen LogP contribution >= 0.6 is 11.8 Å². The van der Waals surface area contributed by atoms with E-state index in [0.717, 1.165) is 30.4 Å². The average molecular weight is 143 g/mol. The van der Waals surface area contributed by atoms with E-state index in [4.69, 9.17) is 0 Å². The highest BCUT2D eigenvalue weighted by atomic mass is 32.2. The number of nitrogens with one attached hydrogen (secondary N) is 1. The monoisotopic (exact) mass is 143 g/mol. The molecular weight excluding hydrogens is 132 g/mol. The van der Waals surface area contributed by atoms with Gasteiger partial charge in [0.15, 0.2) is 5.17 Å². The second kappa shape index (κ2) is 3.77. The molecule has 0 aliphatic carbocycles. The molecule has 1 rings (SSSR count). The Kier molecular flexibility index (Phi) is 2.91. The van der Waals surface area contributed by atoms with Crippen LogP contribution in [0.25, 0.3) is 0 Å². The number of hydrogen-bond donors (Lipinski definition) is 1. The van der Waals surface area contributed by atoms with Crippen molar-refractivity contribution in [3.05, 3.63) is 6.92 Å². The van der Waals surface area contributed by atoms with E-state index >= 15 is 0 Å². The molecule has 1 radical (unpaired) electrons. The molecule has 0 aromatic carbocycles. The van der Waals surface area contributed by atoms with Crippen LogP contribution in [0.2, 0.25) is 0 Å². The van der Waals surface area contributed by atoms with Gasteiger partial charge in [-0.2, -0.15) is 0 Å². The largest absolute Gasteiger partial charge is 0.363 e. The highest BCUT2D eigenvalue weighted by Crippen LogP contribution is 2.05. The molecule has 0 bridgehead atoms. The molecule has 0 spiro atoms. The zero-order chi connectivity index (χ0) is 6.53. The number of hydrogen-bond acceptors (Lipinski definition) is 3. The molecule has 0 fully saturated rings. The van der Waals surface area contributed by atoms with Gasteiger partial charge in [-0.3, -0.25) is 4.99 Å². The maximum Gasteiger partial charge on any atom is 0.156 e. The van der Waals surface area contributed by atoms with Crippen LogP contribution < -0.4 is 5.32 Å². The van der Waals surface area contributed by atoms with Crippen molar-refractivity contribution in [2.45, 2.75) is 6.42 Å². The summed E-state index contributed by atoms with van der Waals surface area (Å²) in [6, 6.07) is 0. The van der Waals surface area contributed by atoms with Crippen LogP contribution in [0.4, 0.5) is 0 Å². The molecule has 0 amide bonds. The number of nitrogens with zero attached hydrogens (tertiary/aromatic N) is 1. The van der Waals surface area contributed by atoms with Crippen molar-refractivity contribution in [1.29, 1.82) is 0 Å². The average Bonchev–Trinajstić information content (AvgIpc) is 2.34. The number of amidine groups is 1. The zero-order valence-electron chi connectivity index (χ0n) is 5.39. The van der Waals surface area contributed by atoms with Gasteiger partial charge in [-0.25, -0.2) is 0 Å². The van der Waals surface area contributed by atoms with E-state index in [2.05, 4.69) is 17.2 Å². The quantitative estimate of drug-likeness (QED) is 0.621. The van der Waals surface area contributed by atoms with E-state index in [1.54, 1.807) is 11.8 Å². The van der Waals surface area contributed by atoms with Crippen LogP contribution in [0.3, 0.4) is 0 Å². The van der Waals surface area contributed by atoms with E-state index in [0.29, 0.717) is 0 Å². The van der Waals surface area contributed by atoms with Gasteiger partial charge in [0.05, 0.1) is 6.54 Å². The lowest BCUT2D eigenvalue weighted by molar-refractivity contribution is 0.963. The first-order valence-electron chi connectivity index (χ1n) is 3.14. The Morgan fingerprint density at radius 2 is 2.67 bits per heavy atom. The molecule has 3 heteroatoms. The van der Waals surface area contributed by atoms with E-state index in [1.165, 1.54) is 0 Å². The molecule has 1 aliphatic heterocycles. The van der Waals surface area contributed by atoms with Gasteiger partial charge in [0.1, 0.15) is 0 Å². The van der Waals surface area contributed by atoms with Gasteiger partial charge >= 0.3 is 0 Å². The summed E-state index contributed by atoms with van der Waals surface area (Å²) in [5.74, 6) is 1.08. The summed E-state index contributed by atoms with van der Waals surface area (Å²) in [5.41, 5.74) is 0. The van der Waals surface area contributed by atoms with Gasteiger partial charge in [-0.15, -0.1) is 0 Å². The Morgan fingerprint density at radius 3 is 3.22 bits per heavy atom. The Hall–Kier alpha value is -0.180. The smallest absolute Gasteiger partial charge is 0.156 e. The number of rotatable bonds is 2. The zero-order valence-corrected chi connectivity index (χ0v) is 6.21. The third kappa shape index (κ3) is 2.26. The van der Waals surface area contributed by atoms with Crippen LogP contribution in [0, 0.1) is 6.92 Å². The maximum atomic E-state index is 4.21. The molecule has 0 atom stereocenters. The van der Waals surface area contributed by atoms with Gasteiger partial charge < -0.3 is 5.32 Å². The fraction of sp³-hybridized carbons (Fsp3) is 0.667. The van der Waals surface area contributed by atoms with E-state index < -0.39 is 0 Å². The molecular formula is C6H11N2S. The third-order valence-electron chi connectivity index (χ3n) is 1.03. The predicted octanol–water partition coefficient (Wildman–Crippen LogP) is 0.903. The van der Waals surface area contributed by atoms with Crippen LogP contribution in [-0.4, -0.2) is 24.0 Å². The van der Waals surface area contributed by atoms with Crippen molar-refractivity contribution in [3.8, 4) is 0 Å². The summed E-state index contributed by atoms with van der Waals surface area (Å²) in [7, 11) is 0. The first-order valence-corrected chi connectivity index (χ1v) is 4.12. The second-order valence-electron chi connectivity index (χ2n) is 1.82. The summed E-state index contributed by atoms with van der Waals surface area (Å²) in [6.07, 6.45) is 0.978.